The number of rotatable bonds is 6. The molecule has 0 unspecified atom stereocenters. The van der Waals surface area contributed by atoms with Gasteiger partial charge in [0, 0.05) is 25.1 Å². The van der Waals surface area contributed by atoms with Crippen molar-refractivity contribution in [1.82, 2.24) is 4.90 Å². The lowest BCUT2D eigenvalue weighted by molar-refractivity contribution is -0.138. The Morgan fingerprint density at radius 1 is 1.12 bits per heavy atom. The van der Waals surface area contributed by atoms with Gasteiger partial charge in [0.15, 0.2) is 0 Å². The van der Waals surface area contributed by atoms with Gasteiger partial charge in [0.1, 0.15) is 0 Å². The monoisotopic (exact) mass is 247 g/mol. The van der Waals surface area contributed by atoms with Gasteiger partial charge in [0.25, 0.3) is 11.8 Å². The van der Waals surface area contributed by atoms with Crippen LogP contribution in [-0.2, 0) is 14.4 Å². The van der Waals surface area contributed by atoms with Gasteiger partial charge in [-0.25, -0.2) is 0 Å². The Balaban J connectivity index is 0.00000225. The predicted molar refractivity (Wildman–Crippen MR) is 59.2 cm³/mol. The van der Waals surface area contributed by atoms with Gasteiger partial charge < -0.3 is 5.11 Å². The van der Waals surface area contributed by atoms with Gasteiger partial charge in [-0.2, -0.15) is 0 Å². The van der Waals surface area contributed by atoms with Crippen molar-refractivity contribution in [1.29, 1.82) is 0 Å². The summed E-state index contributed by atoms with van der Waals surface area (Å²) in [7, 11) is 0. The average Bonchev–Trinajstić information content (AvgIpc) is 2.47. The second kappa shape index (κ2) is 7.00. The van der Waals surface area contributed by atoms with Crippen LogP contribution in [0.15, 0.2) is 12.2 Å². The van der Waals surface area contributed by atoms with Gasteiger partial charge in [-0.05, 0) is 12.8 Å². The lowest BCUT2D eigenvalue weighted by Crippen LogP contribution is -2.30. The molecule has 1 rings (SSSR count). The normalized spacial score (nSPS) is 14.1. The molecule has 0 saturated carbocycles. The molecule has 6 heteroatoms. The number of hydrogen-bond acceptors (Lipinski definition) is 3. The fourth-order valence-corrected chi connectivity index (χ4v) is 1.37. The van der Waals surface area contributed by atoms with E-state index >= 15 is 0 Å². The van der Waals surface area contributed by atoms with Crippen LogP contribution in [0, 0.1) is 0 Å². The molecule has 0 saturated heterocycles. The second-order valence-corrected chi connectivity index (χ2v) is 3.37. The van der Waals surface area contributed by atoms with Gasteiger partial charge in [-0.15, -0.1) is 12.4 Å². The topological polar surface area (TPSA) is 74.7 Å². The fraction of sp³-hybridized carbons (Fsp3) is 0.500. The minimum Gasteiger partial charge on any atom is -0.481 e. The molecule has 0 aromatic carbocycles. The number of imide groups is 1. The molecule has 0 aromatic heterocycles. The van der Waals surface area contributed by atoms with E-state index in [1.54, 1.807) is 0 Å². The summed E-state index contributed by atoms with van der Waals surface area (Å²) in [5, 5.41) is 8.38. The number of carboxylic acids is 1. The van der Waals surface area contributed by atoms with Crippen LogP contribution in [0.25, 0.3) is 0 Å². The summed E-state index contributed by atoms with van der Waals surface area (Å²) in [6.07, 6.45) is 4.59. The van der Waals surface area contributed by atoms with E-state index in [2.05, 4.69) is 0 Å². The SMILES string of the molecule is Cl.O=C(O)CCCCCN1C(=O)C=CC1=O. The maximum Gasteiger partial charge on any atom is 0.303 e. The number of carbonyl (C=O) groups is 3. The lowest BCUT2D eigenvalue weighted by Gasteiger charge is -2.12. The molecule has 1 aliphatic heterocycles. The first-order chi connectivity index (χ1) is 7.11. The molecule has 0 bridgehead atoms. The van der Waals surface area contributed by atoms with E-state index in [-0.39, 0.29) is 30.6 Å². The molecule has 5 nitrogen and oxygen atoms in total. The van der Waals surface area contributed by atoms with Crippen molar-refractivity contribution >= 4 is 30.2 Å². The Morgan fingerprint density at radius 2 is 1.69 bits per heavy atom. The number of unbranched alkanes of at least 4 members (excludes halogenated alkanes) is 2. The molecular formula is C10H14ClNO4. The Labute approximate surface area is 99.5 Å². The number of amides is 2. The maximum absolute atomic E-state index is 11.1. The maximum atomic E-state index is 11.1. The molecule has 0 fully saturated rings. The van der Waals surface area contributed by atoms with Crippen LogP contribution in [0.1, 0.15) is 25.7 Å². The first-order valence-corrected chi connectivity index (χ1v) is 4.86. The van der Waals surface area contributed by atoms with Crippen LogP contribution in [0.2, 0.25) is 0 Å². The highest BCUT2D eigenvalue weighted by Crippen LogP contribution is 2.07. The molecule has 0 aromatic rings. The van der Waals surface area contributed by atoms with Gasteiger partial charge in [-0.3, -0.25) is 19.3 Å². The highest BCUT2D eigenvalue weighted by Gasteiger charge is 2.21. The number of carbonyl (C=O) groups excluding carboxylic acids is 2. The van der Waals surface area contributed by atoms with Gasteiger partial charge in [0.2, 0.25) is 0 Å². The van der Waals surface area contributed by atoms with Crippen LogP contribution in [-0.4, -0.2) is 34.3 Å². The largest absolute Gasteiger partial charge is 0.481 e. The summed E-state index contributed by atoms with van der Waals surface area (Å²) >= 11 is 0. The molecule has 0 atom stereocenters. The number of aliphatic carboxylic acids is 1. The fourth-order valence-electron chi connectivity index (χ4n) is 1.37. The Kier molecular flexibility index (Phi) is 6.41. The summed E-state index contributed by atoms with van der Waals surface area (Å²) in [5.41, 5.74) is 0. The predicted octanol–water partition coefficient (Wildman–Crippen LogP) is 0.978. The van der Waals surface area contributed by atoms with E-state index in [0.717, 1.165) is 0 Å². The quantitative estimate of drug-likeness (QED) is 0.561. The molecule has 2 amide bonds. The summed E-state index contributed by atoms with van der Waals surface area (Å²) in [4.78, 5) is 33.5. The molecule has 0 spiro atoms. The number of halogens is 1. The van der Waals surface area contributed by atoms with Crippen LogP contribution in [0.3, 0.4) is 0 Å². The van der Waals surface area contributed by atoms with Crippen molar-refractivity contribution in [2.24, 2.45) is 0 Å². The zero-order valence-electron chi connectivity index (χ0n) is 8.72. The molecule has 1 aliphatic rings. The van der Waals surface area contributed by atoms with E-state index in [0.29, 0.717) is 25.8 Å². The number of hydrogen-bond donors (Lipinski definition) is 1. The summed E-state index contributed by atoms with van der Waals surface area (Å²) < 4.78 is 0. The molecule has 0 aliphatic carbocycles. The highest BCUT2D eigenvalue weighted by atomic mass is 35.5. The van der Waals surface area contributed by atoms with Crippen LogP contribution >= 0.6 is 12.4 Å². The smallest absolute Gasteiger partial charge is 0.303 e. The van der Waals surface area contributed by atoms with Gasteiger partial charge in [-0.1, -0.05) is 6.42 Å². The van der Waals surface area contributed by atoms with E-state index in [1.807, 2.05) is 0 Å². The Morgan fingerprint density at radius 3 is 2.19 bits per heavy atom. The van der Waals surface area contributed by atoms with E-state index in [4.69, 9.17) is 5.11 Å². The third-order valence-corrected chi connectivity index (χ3v) is 2.17. The van der Waals surface area contributed by atoms with Crippen molar-refractivity contribution in [3.8, 4) is 0 Å². The average molecular weight is 248 g/mol. The van der Waals surface area contributed by atoms with Crippen molar-refractivity contribution < 1.29 is 19.5 Å². The van der Waals surface area contributed by atoms with Crippen LogP contribution < -0.4 is 0 Å². The molecule has 1 heterocycles. The van der Waals surface area contributed by atoms with E-state index in [1.165, 1.54) is 17.1 Å². The Bertz CT molecular complexity index is 296. The molecule has 90 valence electrons. The summed E-state index contributed by atoms with van der Waals surface area (Å²) in [5.74, 6) is -1.37. The third-order valence-electron chi connectivity index (χ3n) is 2.17. The zero-order chi connectivity index (χ0) is 11.3. The highest BCUT2D eigenvalue weighted by molar-refractivity contribution is 6.12. The second-order valence-electron chi connectivity index (χ2n) is 3.37. The van der Waals surface area contributed by atoms with Crippen molar-refractivity contribution in [2.45, 2.75) is 25.7 Å². The summed E-state index contributed by atoms with van der Waals surface area (Å²) in [6.45, 7) is 0.379. The lowest BCUT2D eigenvalue weighted by atomic mass is 10.2. The Hall–Kier alpha value is -1.36. The summed E-state index contributed by atoms with van der Waals surface area (Å²) in [6, 6.07) is 0. The van der Waals surface area contributed by atoms with Crippen LogP contribution in [0.4, 0.5) is 0 Å². The van der Waals surface area contributed by atoms with Crippen molar-refractivity contribution in [3.05, 3.63) is 12.2 Å². The minimum atomic E-state index is -0.815. The van der Waals surface area contributed by atoms with Crippen molar-refractivity contribution in [2.75, 3.05) is 6.54 Å². The van der Waals surface area contributed by atoms with E-state index in [9.17, 15) is 14.4 Å². The molecule has 0 radical (unpaired) electrons. The van der Waals surface area contributed by atoms with Crippen LogP contribution in [0.5, 0.6) is 0 Å². The van der Waals surface area contributed by atoms with Gasteiger partial charge >= 0.3 is 5.97 Å². The van der Waals surface area contributed by atoms with Crippen molar-refractivity contribution in [3.63, 3.8) is 0 Å². The standard InChI is InChI=1S/C10H13NO4.ClH/c12-8-5-6-9(13)11(8)7-3-1-2-4-10(14)15;/h5-6H,1-4,7H2,(H,14,15);1H. The van der Waals surface area contributed by atoms with E-state index < -0.39 is 5.97 Å². The first kappa shape index (κ1) is 14.6. The third kappa shape index (κ3) is 4.44. The molecular weight excluding hydrogens is 234 g/mol. The molecule has 16 heavy (non-hydrogen) atoms. The number of nitrogens with zero attached hydrogens (tertiary/aromatic N) is 1. The zero-order valence-corrected chi connectivity index (χ0v) is 9.53. The molecule has 1 N–H and O–H groups in total. The number of carboxylic acid groups (broad SMARTS) is 1. The van der Waals surface area contributed by atoms with Gasteiger partial charge in [0.05, 0.1) is 0 Å². The first-order valence-electron chi connectivity index (χ1n) is 4.86. The minimum absolute atomic E-state index is 0.